The molecule has 0 aliphatic carbocycles. The van der Waals surface area contributed by atoms with Crippen molar-refractivity contribution in [3.63, 3.8) is 0 Å². The number of nitrogens with zero attached hydrogens (tertiary/aromatic N) is 3. The molecule has 0 amide bonds. The van der Waals surface area contributed by atoms with Crippen molar-refractivity contribution in [2.75, 3.05) is 6.61 Å². The molecule has 5 nitrogen and oxygen atoms in total. The average molecular weight is 428 g/mol. The molecule has 0 N–H and O–H groups in total. The first-order valence-corrected chi connectivity index (χ1v) is 10.8. The van der Waals surface area contributed by atoms with E-state index in [1.165, 1.54) is 11.8 Å². The van der Waals surface area contributed by atoms with E-state index >= 15 is 0 Å². The standard InChI is InChI=1S/C22H22ClN3O2S/c1-15(2)28-11-5-10-26-21(27)19-9-8-18(23)12-20(19)25-22(26)29-14-17-7-4-3-6-16(17)13-24/h3-4,6-9,12,15H,5,10-11,14H2,1-2H3. The summed E-state index contributed by atoms with van der Waals surface area (Å²) in [6.07, 6.45) is 0.862. The van der Waals surface area contributed by atoms with Crippen LogP contribution in [0, 0.1) is 11.3 Å². The summed E-state index contributed by atoms with van der Waals surface area (Å²) < 4.78 is 7.30. The Morgan fingerprint density at radius 2 is 2.07 bits per heavy atom. The van der Waals surface area contributed by atoms with Crippen LogP contribution in [0.2, 0.25) is 5.02 Å². The lowest BCUT2D eigenvalue weighted by molar-refractivity contribution is 0.0743. The molecule has 0 radical (unpaired) electrons. The summed E-state index contributed by atoms with van der Waals surface area (Å²) in [6, 6.07) is 14.8. The van der Waals surface area contributed by atoms with Crippen LogP contribution in [-0.2, 0) is 17.0 Å². The van der Waals surface area contributed by atoms with E-state index in [4.69, 9.17) is 21.3 Å². The van der Waals surface area contributed by atoms with E-state index in [0.29, 0.717) is 52.0 Å². The Bertz CT molecular complexity index is 1110. The maximum Gasteiger partial charge on any atom is 0.262 e. The molecule has 150 valence electrons. The van der Waals surface area contributed by atoms with Crippen LogP contribution in [0.5, 0.6) is 0 Å². The third kappa shape index (κ3) is 5.39. The molecule has 2 aromatic carbocycles. The Morgan fingerprint density at radius 3 is 2.83 bits per heavy atom. The van der Waals surface area contributed by atoms with Crippen molar-refractivity contribution in [3.8, 4) is 6.07 Å². The van der Waals surface area contributed by atoms with Gasteiger partial charge in [0.05, 0.1) is 28.6 Å². The van der Waals surface area contributed by atoms with E-state index in [2.05, 4.69) is 6.07 Å². The number of hydrogen-bond acceptors (Lipinski definition) is 5. The number of halogens is 1. The molecule has 1 heterocycles. The minimum Gasteiger partial charge on any atom is -0.379 e. The van der Waals surface area contributed by atoms with E-state index in [9.17, 15) is 10.1 Å². The predicted molar refractivity (Wildman–Crippen MR) is 117 cm³/mol. The van der Waals surface area contributed by atoms with Gasteiger partial charge in [0.2, 0.25) is 0 Å². The third-order valence-corrected chi connectivity index (χ3v) is 5.61. The van der Waals surface area contributed by atoms with E-state index in [0.717, 1.165) is 5.56 Å². The van der Waals surface area contributed by atoms with Gasteiger partial charge >= 0.3 is 0 Å². The molecule has 0 fully saturated rings. The smallest absolute Gasteiger partial charge is 0.262 e. The molecule has 3 rings (SSSR count). The van der Waals surface area contributed by atoms with Gasteiger partial charge in [0.25, 0.3) is 5.56 Å². The Kier molecular flexibility index (Phi) is 7.32. The first-order chi connectivity index (χ1) is 14.0. The maximum atomic E-state index is 13.1. The molecule has 0 saturated heterocycles. The number of benzene rings is 2. The second kappa shape index (κ2) is 9.93. The lowest BCUT2D eigenvalue weighted by Crippen LogP contribution is -2.24. The van der Waals surface area contributed by atoms with Crippen LogP contribution in [0.1, 0.15) is 31.4 Å². The van der Waals surface area contributed by atoms with Crippen molar-refractivity contribution in [1.82, 2.24) is 9.55 Å². The summed E-state index contributed by atoms with van der Waals surface area (Å²) in [5.41, 5.74) is 2.03. The number of ether oxygens (including phenoxy) is 1. The second-order valence-corrected chi connectivity index (χ2v) is 8.22. The number of rotatable bonds is 8. The largest absolute Gasteiger partial charge is 0.379 e. The monoisotopic (exact) mass is 427 g/mol. The zero-order valence-corrected chi connectivity index (χ0v) is 18.0. The molecule has 0 bridgehead atoms. The predicted octanol–water partition coefficient (Wildman–Crippen LogP) is 5.03. The van der Waals surface area contributed by atoms with E-state index in [1.54, 1.807) is 28.8 Å². The Morgan fingerprint density at radius 1 is 1.28 bits per heavy atom. The zero-order chi connectivity index (χ0) is 20.8. The van der Waals surface area contributed by atoms with Crippen molar-refractivity contribution in [2.45, 2.75) is 43.8 Å². The van der Waals surface area contributed by atoms with Gasteiger partial charge in [-0.05, 0) is 50.1 Å². The van der Waals surface area contributed by atoms with Crippen LogP contribution in [0.15, 0.2) is 52.4 Å². The van der Waals surface area contributed by atoms with Crippen LogP contribution < -0.4 is 5.56 Å². The van der Waals surface area contributed by atoms with Crippen molar-refractivity contribution in [1.29, 1.82) is 5.26 Å². The number of aromatic nitrogens is 2. The lowest BCUT2D eigenvalue weighted by Gasteiger charge is -2.14. The molecular weight excluding hydrogens is 406 g/mol. The highest BCUT2D eigenvalue weighted by molar-refractivity contribution is 7.98. The lowest BCUT2D eigenvalue weighted by atomic mass is 10.1. The second-order valence-electron chi connectivity index (χ2n) is 6.84. The molecule has 0 aliphatic heterocycles. The molecule has 0 atom stereocenters. The summed E-state index contributed by atoms with van der Waals surface area (Å²) in [4.78, 5) is 17.8. The summed E-state index contributed by atoms with van der Waals surface area (Å²) in [6.45, 7) is 5.06. The van der Waals surface area contributed by atoms with Crippen LogP contribution in [-0.4, -0.2) is 22.3 Å². The highest BCUT2D eigenvalue weighted by Crippen LogP contribution is 2.25. The molecular formula is C22H22ClN3O2S. The highest BCUT2D eigenvalue weighted by atomic mass is 35.5. The van der Waals surface area contributed by atoms with Crippen LogP contribution in [0.3, 0.4) is 0 Å². The summed E-state index contributed by atoms with van der Waals surface area (Å²) in [5, 5.41) is 11.0. The number of nitriles is 1. The van der Waals surface area contributed by atoms with Gasteiger partial charge in [-0.15, -0.1) is 0 Å². The SMILES string of the molecule is CC(C)OCCCn1c(SCc2ccccc2C#N)nc2cc(Cl)ccc2c1=O. The van der Waals surface area contributed by atoms with Gasteiger partial charge in [-0.3, -0.25) is 9.36 Å². The molecule has 0 spiro atoms. The maximum absolute atomic E-state index is 13.1. The van der Waals surface area contributed by atoms with Gasteiger partial charge in [-0.2, -0.15) is 5.26 Å². The van der Waals surface area contributed by atoms with Gasteiger partial charge in [-0.1, -0.05) is 41.6 Å². The Labute approximate surface area is 179 Å². The summed E-state index contributed by atoms with van der Waals surface area (Å²) in [7, 11) is 0. The topological polar surface area (TPSA) is 67.9 Å². The molecule has 1 aromatic heterocycles. The fourth-order valence-electron chi connectivity index (χ4n) is 2.92. The highest BCUT2D eigenvalue weighted by Gasteiger charge is 2.13. The Balaban J connectivity index is 1.93. The van der Waals surface area contributed by atoms with Gasteiger partial charge in [0, 0.05) is 23.9 Å². The minimum absolute atomic E-state index is 0.0905. The molecule has 7 heteroatoms. The summed E-state index contributed by atoms with van der Waals surface area (Å²) >= 11 is 7.55. The van der Waals surface area contributed by atoms with Crippen LogP contribution in [0.25, 0.3) is 10.9 Å². The molecule has 0 aliphatic rings. The van der Waals surface area contributed by atoms with E-state index in [1.807, 2.05) is 32.0 Å². The van der Waals surface area contributed by atoms with Crippen LogP contribution in [0.4, 0.5) is 0 Å². The first kappa shape index (κ1) is 21.4. The zero-order valence-electron chi connectivity index (χ0n) is 16.4. The normalized spacial score (nSPS) is 11.1. The molecule has 0 unspecified atom stereocenters. The van der Waals surface area contributed by atoms with Gasteiger partial charge in [0.15, 0.2) is 5.16 Å². The summed E-state index contributed by atoms with van der Waals surface area (Å²) in [5.74, 6) is 0.546. The molecule has 3 aromatic rings. The van der Waals surface area contributed by atoms with Gasteiger partial charge in [0.1, 0.15) is 0 Å². The van der Waals surface area contributed by atoms with Crippen molar-refractivity contribution < 1.29 is 4.74 Å². The van der Waals surface area contributed by atoms with Crippen molar-refractivity contribution in [3.05, 3.63) is 69.0 Å². The average Bonchev–Trinajstić information content (AvgIpc) is 2.70. The quantitative estimate of drug-likeness (QED) is 0.286. The third-order valence-electron chi connectivity index (χ3n) is 4.35. The first-order valence-electron chi connectivity index (χ1n) is 9.42. The fraction of sp³-hybridized carbons (Fsp3) is 0.318. The number of fused-ring (bicyclic) bond motifs is 1. The minimum atomic E-state index is -0.0905. The number of thioether (sulfide) groups is 1. The molecule has 29 heavy (non-hydrogen) atoms. The van der Waals surface area contributed by atoms with Crippen LogP contribution >= 0.6 is 23.4 Å². The Hall–Kier alpha value is -2.33. The van der Waals surface area contributed by atoms with Gasteiger partial charge in [-0.25, -0.2) is 4.98 Å². The van der Waals surface area contributed by atoms with E-state index in [-0.39, 0.29) is 11.7 Å². The number of hydrogen-bond donors (Lipinski definition) is 0. The molecule has 0 saturated carbocycles. The van der Waals surface area contributed by atoms with Crippen molar-refractivity contribution in [2.24, 2.45) is 0 Å². The van der Waals surface area contributed by atoms with E-state index < -0.39 is 0 Å². The van der Waals surface area contributed by atoms with Crippen molar-refractivity contribution >= 4 is 34.3 Å². The fourth-order valence-corrected chi connectivity index (χ4v) is 4.12. The van der Waals surface area contributed by atoms with Gasteiger partial charge < -0.3 is 4.74 Å².